The number of nitrogens with zero attached hydrogens (tertiary/aromatic N) is 4. The fraction of sp³-hybridized carbons (Fsp3) is 0.125. The molecule has 2 aromatic heterocycles. The molecule has 0 spiro atoms. The molecule has 0 aliphatic carbocycles. The fourth-order valence-electron chi connectivity index (χ4n) is 3.01. The van der Waals surface area contributed by atoms with Crippen LogP contribution in [0.3, 0.4) is 0 Å². The van der Waals surface area contributed by atoms with Gasteiger partial charge in [-0.15, -0.1) is 0 Å². The Kier molecular flexibility index (Phi) is 6.25. The highest BCUT2D eigenvalue weighted by molar-refractivity contribution is 7.86. The second-order valence-electron chi connectivity index (χ2n) is 6.81. The van der Waals surface area contributed by atoms with Gasteiger partial charge in [-0.1, -0.05) is 47.1 Å². The molecule has 2 aromatic carbocycles. The van der Waals surface area contributed by atoms with E-state index in [0.717, 1.165) is 39.3 Å². The van der Waals surface area contributed by atoms with Crippen LogP contribution in [-0.4, -0.2) is 27.0 Å². The number of allylic oxidation sites excluding steroid dienone is 1. The van der Waals surface area contributed by atoms with Crippen molar-refractivity contribution in [1.82, 2.24) is 15.0 Å². The Morgan fingerprint density at radius 3 is 2.67 bits per heavy atom. The monoisotopic (exact) mass is 413 g/mol. The maximum Gasteiger partial charge on any atom is 0.149 e. The van der Waals surface area contributed by atoms with Crippen LogP contribution >= 0.6 is 0 Å². The maximum atomic E-state index is 4.78. The van der Waals surface area contributed by atoms with E-state index in [2.05, 4.69) is 39.8 Å². The Morgan fingerprint density at radius 2 is 1.83 bits per heavy atom. The SMILES string of the molecule is CC=CCS(C)=Nc1cncc(-c2ccc3ncc(Nc4ccccc4)nc3c2)c1. The first-order chi connectivity index (χ1) is 14.7. The second-order valence-corrected chi connectivity index (χ2v) is 8.53. The van der Waals surface area contributed by atoms with Crippen molar-refractivity contribution in [2.45, 2.75) is 6.92 Å². The highest BCUT2D eigenvalue weighted by Crippen LogP contribution is 2.26. The highest BCUT2D eigenvalue weighted by atomic mass is 32.2. The van der Waals surface area contributed by atoms with Gasteiger partial charge in [0.15, 0.2) is 0 Å². The van der Waals surface area contributed by atoms with Gasteiger partial charge >= 0.3 is 0 Å². The number of benzene rings is 2. The molecule has 0 amide bonds. The number of anilines is 2. The van der Waals surface area contributed by atoms with Crippen LogP contribution in [0.1, 0.15) is 6.92 Å². The minimum Gasteiger partial charge on any atom is -0.339 e. The Balaban J connectivity index is 1.63. The van der Waals surface area contributed by atoms with E-state index in [1.807, 2.05) is 67.8 Å². The Bertz CT molecular complexity index is 1220. The van der Waals surface area contributed by atoms with E-state index >= 15 is 0 Å². The van der Waals surface area contributed by atoms with E-state index in [1.165, 1.54) is 0 Å². The number of hydrogen-bond donors (Lipinski definition) is 1. The van der Waals surface area contributed by atoms with Crippen LogP contribution < -0.4 is 5.32 Å². The van der Waals surface area contributed by atoms with Gasteiger partial charge in [0, 0.05) is 23.2 Å². The zero-order valence-corrected chi connectivity index (χ0v) is 17.8. The van der Waals surface area contributed by atoms with Crippen molar-refractivity contribution < 1.29 is 0 Å². The van der Waals surface area contributed by atoms with E-state index in [-0.39, 0.29) is 10.7 Å². The van der Waals surface area contributed by atoms with Crippen LogP contribution in [0.5, 0.6) is 0 Å². The maximum absolute atomic E-state index is 4.78. The number of aromatic nitrogens is 3. The number of hydrogen-bond acceptors (Lipinski definition) is 5. The summed E-state index contributed by atoms with van der Waals surface area (Å²) in [6, 6.07) is 18.1. The average molecular weight is 414 g/mol. The minimum atomic E-state index is -0.0629. The molecule has 0 fully saturated rings. The van der Waals surface area contributed by atoms with E-state index < -0.39 is 0 Å². The topological polar surface area (TPSA) is 63.1 Å². The van der Waals surface area contributed by atoms with E-state index in [1.54, 1.807) is 6.20 Å². The summed E-state index contributed by atoms with van der Waals surface area (Å²) in [5.74, 6) is 1.66. The summed E-state index contributed by atoms with van der Waals surface area (Å²) in [6.07, 6.45) is 11.8. The average Bonchev–Trinajstić information content (AvgIpc) is 2.78. The zero-order valence-electron chi connectivity index (χ0n) is 17.0. The molecule has 150 valence electrons. The van der Waals surface area contributed by atoms with Crippen LogP contribution in [0.25, 0.3) is 22.2 Å². The minimum absolute atomic E-state index is 0.0629. The Labute approximate surface area is 179 Å². The molecule has 2 heterocycles. The first kappa shape index (κ1) is 19.9. The molecule has 0 saturated heterocycles. The third-order valence-corrected chi connectivity index (χ3v) is 5.68. The highest BCUT2D eigenvalue weighted by Gasteiger charge is 2.05. The molecule has 0 bridgehead atoms. The van der Waals surface area contributed by atoms with Crippen LogP contribution in [0.4, 0.5) is 17.2 Å². The smallest absolute Gasteiger partial charge is 0.149 e. The van der Waals surface area contributed by atoms with Crippen molar-refractivity contribution in [3.8, 4) is 11.1 Å². The van der Waals surface area contributed by atoms with Crippen molar-refractivity contribution in [2.75, 3.05) is 17.3 Å². The predicted octanol–water partition coefficient (Wildman–Crippen LogP) is 6.07. The molecule has 0 aliphatic rings. The molecular formula is C24H23N5S. The number of para-hydroxylation sites is 1. The summed E-state index contributed by atoms with van der Waals surface area (Å²) in [7, 11) is -0.0629. The van der Waals surface area contributed by atoms with Crippen LogP contribution in [0, 0.1) is 0 Å². The van der Waals surface area contributed by atoms with Gasteiger partial charge in [-0.2, -0.15) is 0 Å². The van der Waals surface area contributed by atoms with Gasteiger partial charge in [-0.05, 0) is 49.1 Å². The van der Waals surface area contributed by atoms with E-state index in [0.29, 0.717) is 5.82 Å². The lowest BCUT2D eigenvalue weighted by molar-refractivity contribution is 1.28. The van der Waals surface area contributed by atoms with Crippen molar-refractivity contribution >= 4 is 38.9 Å². The lowest BCUT2D eigenvalue weighted by Gasteiger charge is -2.08. The quantitative estimate of drug-likeness (QED) is 0.389. The number of pyridine rings is 1. The first-order valence-corrected chi connectivity index (χ1v) is 11.5. The molecule has 5 nitrogen and oxygen atoms in total. The predicted molar refractivity (Wildman–Crippen MR) is 128 cm³/mol. The molecular weight excluding hydrogens is 390 g/mol. The van der Waals surface area contributed by atoms with Crippen LogP contribution in [-0.2, 0) is 10.7 Å². The van der Waals surface area contributed by atoms with Crippen LogP contribution in [0.15, 0.2) is 89.7 Å². The first-order valence-electron chi connectivity index (χ1n) is 9.71. The molecule has 6 heteroatoms. The van der Waals surface area contributed by atoms with Gasteiger partial charge in [-0.25, -0.2) is 9.35 Å². The largest absolute Gasteiger partial charge is 0.339 e. The second kappa shape index (κ2) is 9.41. The van der Waals surface area contributed by atoms with Crippen molar-refractivity contribution in [2.24, 2.45) is 4.36 Å². The lowest BCUT2D eigenvalue weighted by atomic mass is 10.1. The van der Waals surface area contributed by atoms with Crippen LogP contribution in [0.2, 0.25) is 0 Å². The Morgan fingerprint density at radius 1 is 0.967 bits per heavy atom. The molecule has 30 heavy (non-hydrogen) atoms. The van der Waals surface area contributed by atoms with Gasteiger partial charge in [0.05, 0.1) is 29.1 Å². The molecule has 0 saturated carbocycles. The van der Waals surface area contributed by atoms with E-state index in [4.69, 9.17) is 9.35 Å². The molecule has 1 unspecified atom stereocenters. The number of rotatable bonds is 6. The third kappa shape index (κ3) is 4.96. The molecule has 4 aromatic rings. The summed E-state index contributed by atoms with van der Waals surface area (Å²) in [5, 5.41) is 3.30. The lowest BCUT2D eigenvalue weighted by Crippen LogP contribution is -1.95. The van der Waals surface area contributed by atoms with Crippen molar-refractivity contribution in [3.63, 3.8) is 0 Å². The van der Waals surface area contributed by atoms with Gasteiger partial charge in [0.1, 0.15) is 5.82 Å². The fourth-order valence-corrected chi connectivity index (χ4v) is 4.01. The summed E-state index contributed by atoms with van der Waals surface area (Å²) >= 11 is 0. The summed E-state index contributed by atoms with van der Waals surface area (Å²) in [5.41, 5.74) is 5.63. The van der Waals surface area contributed by atoms with Gasteiger partial charge in [0.2, 0.25) is 0 Å². The third-order valence-electron chi connectivity index (χ3n) is 4.48. The van der Waals surface area contributed by atoms with Gasteiger partial charge in [0.25, 0.3) is 0 Å². The summed E-state index contributed by atoms with van der Waals surface area (Å²) in [6.45, 7) is 2.03. The van der Waals surface area contributed by atoms with Crippen molar-refractivity contribution in [3.05, 3.63) is 85.3 Å². The van der Waals surface area contributed by atoms with Crippen molar-refractivity contribution in [1.29, 1.82) is 0 Å². The number of fused-ring (bicyclic) bond motifs is 1. The molecule has 0 radical (unpaired) electrons. The number of nitrogens with one attached hydrogen (secondary N) is 1. The molecule has 0 aliphatic heterocycles. The van der Waals surface area contributed by atoms with Gasteiger partial charge in [-0.3, -0.25) is 9.97 Å². The summed E-state index contributed by atoms with van der Waals surface area (Å²) in [4.78, 5) is 13.7. The molecule has 1 atom stereocenters. The van der Waals surface area contributed by atoms with Gasteiger partial charge < -0.3 is 5.32 Å². The molecule has 4 rings (SSSR count). The van der Waals surface area contributed by atoms with E-state index in [9.17, 15) is 0 Å². The Hall–Kier alpha value is -3.38. The molecule has 1 N–H and O–H groups in total. The standard InChI is InChI=1S/C24H23N5S/c1-3-4-12-30(2)29-21-13-19(15-25-16-21)18-10-11-22-23(14-18)28-24(17-26-22)27-20-8-6-5-7-9-20/h3-11,13-17H,12H2,1-2H3,(H,27,28). The zero-order chi connectivity index (χ0) is 20.8. The summed E-state index contributed by atoms with van der Waals surface area (Å²) < 4.78 is 4.78. The normalized spacial score (nSPS) is 12.5.